The Balaban J connectivity index is 2.26. The maximum absolute atomic E-state index is 12.3. The number of carbonyl (C=O) groups is 1. The maximum atomic E-state index is 12.3. The largest absolute Gasteiger partial charge is 0.496 e. The summed E-state index contributed by atoms with van der Waals surface area (Å²) in [6.45, 7) is 0. The number of ketones is 1. The molecule has 0 aliphatic heterocycles. The highest BCUT2D eigenvalue weighted by Gasteiger charge is 2.14. The van der Waals surface area contributed by atoms with E-state index in [2.05, 4.69) is 15.9 Å². The van der Waals surface area contributed by atoms with Crippen LogP contribution in [0, 0.1) is 0 Å². The van der Waals surface area contributed by atoms with E-state index in [9.17, 15) is 4.79 Å². The molecule has 0 aliphatic rings. The molecule has 104 valence electrons. The van der Waals surface area contributed by atoms with Crippen molar-refractivity contribution in [2.75, 3.05) is 7.11 Å². The average Bonchev–Trinajstić information content (AvgIpc) is 2.42. The lowest BCUT2D eigenvalue weighted by molar-refractivity contribution is 0.0993. The molecule has 20 heavy (non-hydrogen) atoms. The van der Waals surface area contributed by atoms with Gasteiger partial charge in [-0.1, -0.05) is 29.3 Å². The van der Waals surface area contributed by atoms with Gasteiger partial charge >= 0.3 is 0 Å². The van der Waals surface area contributed by atoms with Gasteiger partial charge in [0.2, 0.25) is 0 Å². The number of halogens is 3. The van der Waals surface area contributed by atoms with E-state index in [1.54, 1.807) is 43.5 Å². The van der Waals surface area contributed by atoms with Gasteiger partial charge in [-0.2, -0.15) is 0 Å². The van der Waals surface area contributed by atoms with Crippen molar-refractivity contribution >= 4 is 44.9 Å². The van der Waals surface area contributed by atoms with Crippen LogP contribution in [0.25, 0.3) is 0 Å². The molecule has 0 atom stereocenters. The van der Waals surface area contributed by atoms with E-state index in [0.717, 1.165) is 4.47 Å². The summed E-state index contributed by atoms with van der Waals surface area (Å²) >= 11 is 15.5. The summed E-state index contributed by atoms with van der Waals surface area (Å²) in [5.41, 5.74) is 1.22. The van der Waals surface area contributed by atoms with Crippen LogP contribution in [0.2, 0.25) is 10.0 Å². The summed E-state index contributed by atoms with van der Waals surface area (Å²) in [5.74, 6) is 0.626. The number of methoxy groups -OCH3 is 1. The Kier molecular flexibility index (Phi) is 5.08. The van der Waals surface area contributed by atoms with Crippen LogP contribution < -0.4 is 4.74 Å². The molecule has 0 heterocycles. The van der Waals surface area contributed by atoms with Gasteiger partial charge in [0.1, 0.15) is 5.75 Å². The van der Waals surface area contributed by atoms with Crippen LogP contribution in [0.4, 0.5) is 0 Å². The second kappa shape index (κ2) is 6.61. The van der Waals surface area contributed by atoms with Crippen LogP contribution in [0.3, 0.4) is 0 Å². The zero-order valence-electron chi connectivity index (χ0n) is 10.6. The van der Waals surface area contributed by atoms with E-state index in [4.69, 9.17) is 27.9 Å². The quantitative estimate of drug-likeness (QED) is 0.689. The summed E-state index contributed by atoms with van der Waals surface area (Å²) in [4.78, 5) is 12.3. The third-order valence-electron chi connectivity index (χ3n) is 2.87. The number of ether oxygens (including phenoxy) is 1. The van der Waals surface area contributed by atoms with E-state index in [1.165, 1.54) is 0 Å². The summed E-state index contributed by atoms with van der Waals surface area (Å²) < 4.78 is 5.87. The molecular formula is C15H11BrCl2O2. The Hall–Kier alpha value is -1.03. The number of hydrogen-bond donors (Lipinski definition) is 0. The van der Waals surface area contributed by atoms with Gasteiger partial charge in [-0.05, 0) is 51.8 Å². The molecule has 5 heteroatoms. The van der Waals surface area contributed by atoms with Gasteiger partial charge in [0.25, 0.3) is 0 Å². The molecule has 0 spiro atoms. The maximum Gasteiger partial charge on any atom is 0.167 e. The molecule has 0 unspecified atom stereocenters. The molecule has 2 aromatic carbocycles. The van der Waals surface area contributed by atoms with E-state index >= 15 is 0 Å². The Morgan fingerprint density at radius 1 is 1.20 bits per heavy atom. The van der Waals surface area contributed by atoms with Crippen molar-refractivity contribution in [2.24, 2.45) is 0 Å². The minimum atomic E-state index is -0.0525. The molecular weight excluding hydrogens is 363 g/mol. The van der Waals surface area contributed by atoms with Crippen molar-refractivity contribution in [1.29, 1.82) is 0 Å². The first-order valence-electron chi connectivity index (χ1n) is 5.82. The third kappa shape index (κ3) is 3.35. The Morgan fingerprint density at radius 2 is 1.85 bits per heavy atom. The predicted molar refractivity (Wildman–Crippen MR) is 85.2 cm³/mol. The molecule has 0 aromatic heterocycles. The van der Waals surface area contributed by atoms with Crippen LogP contribution in [0.5, 0.6) is 5.75 Å². The first-order chi connectivity index (χ1) is 9.52. The molecule has 0 N–H and O–H groups in total. The van der Waals surface area contributed by atoms with E-state index in [0.29, 0.717) is 26.9 Å². The fourth-order valence-electron chi connectivity index (χ4n) is 1.80. The number of hydrogen-bond acceptors (Lipinski definition) is 2. The number of Topliss-reactive ketones (excluding diaryl/α,β-unsaturated/α-hetero) is 1. The van der Waals surface area contributed by atoms with Crippen LogP contribution in [-0.4, -0.2) is 12.9 Å². The van der Waals surface area contributed by atoms with Crippen molar-refractivity contribution in [3.63, 3.8) is 0 Å². The van der Waals surface area contributed by atoms with Gasteiger partial charge in [0.05, 0.1) is 11.6 Å². The number of rotatable bonds is 4. The lowest BCUT2D eigenvalue weighted by atomic mass is 10.0. The monoisotopic (exact) mass is 372 g/mol. The smallest absolute Gasteiger partial charge is 0.167 e. The predicted octanol–water partition coefficient (Wildman–Crippen LogP) is 5.19. The third-order valence-corrected chi connectivity index (χ3v) is 4.20. The summed E-state index contributed by atoms with van der Waals surface area (Å²) in [6.07, 6.45) is 0.164. The minimum Gasteiger partial charge on any atom is -0.496 e. The second-order valence-corrected chi connectivity index (χ2v) is 5.82. The van der Waals surface area contributed by atoms with Gasteiger partial charge in [-0.3, -0.25) is 4.79 Å². The number of carbonyl (C=O) groups excluding carboxylic acids is 1. The molecule has 2 rings (SSSR count). The van der Waals surface area contributed by atoms with Gasteiger partial charge in [0.15, 0.2) is 5.78 Å². The molecule has 0 saturated carbocycles. The van der Waals surface area contributed by atoms with Crippen molar-refractivity contribution in [3.8, 4) is 5.75 Å². The molecule has 0 fully saturated rings. The van der Waals surface area contributed by atoms with E-state index < -0.39 is 0 Å². The Morgan fingerprint density at radius 3 is 2.40 bits per heavy atom. The molecule has 0 amide bonds. The highest BCUT2D eigenvalue weighted by molar-refractivity contribution is 9.10. The standard InChI is InChI=1S/C15H11BrCl2O2/c1-20-15-6-5-9(7-11(15)16)14(19)8-10-12(17)3-2-4-13(10)18/h2-7H,8H2,1H3. The highest BCUT2D eigenvalue weighted by atomic mass is 79.9. The zero-order chi connectivity index (χ0) is 14.7. The highest BCUT2D eigenvalue weighted by Crippen LogP contribution is 2.28. The van der Waals surface area contributed by atoms with Crippen LogP contribution in [-0.2, 0) is 6.42 Å². The molecule has 0 radical (unpaired) electrons. The molecule has 2 aromatic rings. The Labute approximate surface area is 135 Å². The zero-order valence-corrected chi connectivity index (χ0v) is 13.7. The van der Waals surface area contributed by atoms with Crippen molar-refractivity contribution in [1.82, 2.24) is 0 Å². The summed E-state index contributed by atoms with van der Waals surface area (Å²) in [6, 6.07) is 10.4. The molecule has 0 aliphatic carbocycles. The SMILES string of the molecule is COc1ccc(C(=O)Cc2c(Cl)cccc2Cl)cc1Br. The topological polar surface area (TPSA) is 26.3 Å². The molecule has 0 bridgehead atoms. The van der Waals surface area contributed by atoms with Gasteiger partial charge in [-0.15, -0.1) is 0 Å². The van der Waals surface area contributed by atoms with Crippen molar-refractivity contribution in [3.05, 3.63) is 62.0 Å². The van der Waals surface area contributed by atoms with E-state index in [-0.39, 0.29) is 12.2 Å². The fraction of sp³-hybridized carbons (Fsp3) is 0.133. The molecule has 0 saturated heterocycles. The van der Waals surface area contributed by atoms with Crippen LogP contribution >= 0.6 is 39.1 Å². The second-order valence-electron chi connectivity index (χ2n) is 4.15. The van der Waals surface area contributed by atoms with Crippen molar-refractivity contribution < 1.29 is 9.53 Å². The first kappa shape index (κ1) is 15.4. The minimum absolute atomic E-state index is 0.0525. The summed E-state index contributed by atoms with van der Waals surface area (Å²) in [5, 5.41) is 0.997. The lowest BCUT2D eigenvalue weighted by Crippen LogP contribution is -2.05. The lowest BCUT2D eigenvalue weighted by Gasteiger charge is -2.08. The average molecular weight is 374 g/mol. The van der Waals surface area contributed by atoms with E-state index in [1.807, 2.05) is 0 Å². The first-order valence-corrected chi connectivity index (χ1v) is 7.37. The van der Waals surface area contributed by atoms with Gasteiger partial charge in [0, 0.05) is 22.0 Å². The Bertz CT molecular complexity index is 636. The fourth-order valence-corrected chi connectivity index (χ4v) is 2.88. The summed E-state index contributed by atoms with van der Waals surface area (Å²) in [7, 11) is 1.57. The van der Waals surface area contributed by atoms with Crippen molar-refractivity contribution in [2.45, 2.75) is 6.42 Å². The van der Waals surface area contributed by atoms with Crippen LogP contribution in [0.1, 0.15) is 15.9 Å². The van der Waals surface area contributed by atoms with Gasteiger partial charge in [-0.25, -0.2) is 0 Å². The normalized spacial score (nSPS) is 10.4. The molecule has 2 nitrogen and oxygen atoms in total. The number of benzene rings is 2. The van der Waals surface area contributed by atoms with Crippen LogP contribution in [0.15, 0.2) is 40.9 Å². The van der Waals surface area contributed by atoms with Gasteiger partial charge < -0.3 is 4.74 Å².